The van der Waals surface area contributed by atoms with Crippen LogP contribution in [-0.4, -0.2) is 41.2 Å². The van der Waals surface area contributed by atoms with Crippen molar-refractivity contribution in [3.63, 3.8) is 0 Å². The minimum absolute atomic E-state index is 0.260. The maximum absolute atomic E-state index is 13.8. The standard InChI is InChI=1S/C30H24BrClN2O5/c1-14-11-20(31)21(32)12-22(14)33-23(35)13-39-30(38)15(2)34-28(36)26-24-16-7-3-4-8-17(16)25(27(26)29(34)37)19-10-6-5-9-18(19)24/h3-12,15,24-27H,13H2,1-2H3,(H,33,35)/t15-,24?,25?,26+,27+/m0/s1. The molecular formula is C30H24BrClN2O5. The molecule has 1 heterocycles. The van der Waals surface area contributed by atoms with Crippen LogP contribution in [0.3, 0.4) is 0 Å². The molecule has 1 N–H and O–H groups in total. The maximum atomic E-state index is 13.8. The SMILES string of the molecule is Cc1cc(Br)c(Cl)cc1NC(=O)COC(=O)[C@H](C)N1C(=O)[C@@H]2C3c4ccccc4C(c4ccccc43)[C@H]2C1=O. The van der Waals surface area contributed by atoms with Gasteiger partial charge in [-0.2, -0.15) is 0 Å². The first-order valence-corrected chi connectivity index (χ1v) is 13.8. The number of nitrogens with zero attached hydrogens (tertiary/aromatic N) is 1. The third kappa shape index (κ3) is 4.00. The fourth-order valence-corrected chi connectivity index (χ4v) is 7.03. The van der Waals surface area contributed by atoms with Crippen LogP contribution >= 0.6 is 27.5 Å². The molecule has 0 saturated carbocycles. The first kappa shape index (κ1) is 25.8. The molecule has 0 radical (unpaired) electrons. The van der Waals surface area contributed by atoms with Crippen LogP contribution in [0.5, 0.6) is 0 Å². The summed E-state index contributed by atoms with van der Waals surface area (Å²) in [5.74, 6) is -3.83. The zero-order chi connectivity index (χ0) is 27.6. The minimum Gasteiger partial charge on any atom is -0.454 e. The van der Waals surface area contributed by atoms with Crippen molar-refractivity contribution in [2.24, 2.45) is 11.8 Å². The van der Waals surface area contributed by atoms with E-state index in [4.69, 9.17) is 16.3 Å². The molecule has 3 aliphatic carbocycles. The third-order valence-electron chi connectivity index (χ3n) is 8.10. The molecular weight excluding hydrogens is 584 g/mol. The van der Waals surface area contributed by atoms with Crippen molar-refractivity contribution >= 4 is 56.9 Å². The number of aryl methyl sites for hydroxylation is 1. The van der Waals surface area contributed by atoms with Gasteiger partial charge in [-0.25, -0.2) is 4.79 Å². The Kier molecular flexibility index (Phi) is 6.35. The highest BCUT2D eigenvalue weighted by Gasteiger charge is 2.62. The highest BCUT2D eigenvalue weighted by Crippen LogP contribution is 2.61. The van der Waals surface area contributed by atoms with Gasteiger partial charge in [0.1, 0.15) is 6.04 Å². The molecule has 3 amide bonds. The van der Waals surface area contributed by atoms with Gasteiger partial charge in [0, 0.05) is 22.0 Å². The molecule has 39 heavy (non-hydrogen) atoms. The summed E-state index contributed by atoms with van der Waals surface area (Å²) in [4.78, 5) is 54.1. The molecule has 9 heteroatoms. The molecule has 3 aromatic rings. The second-order valence-corrected chi connectivity index (χ2v) is 11.5. The normalized spacial score (nSPS) is 23.1. The van der Waals surface area contributed by atoms with E-state index in [9.17, 15) is 19.2 Å². The molecule has 1 fully saturated rings. The summed E-state index contributed by atoms with van der Waals surface area (Å²) in [6.07, 6.45) is 0. The Morgan fingerprint density at radius 1 is 0.949 bits per heavy atom. The number of likely N-dealkylation sites (tertiary alicyclic amines) is 1. The predicted octanol–water partition coefficient (Wildman–Crippen LogP) is 5.17. The summed E-state index contributed by atoms with van der Waals surface area (Å²) < 4.78 is 5.94. The second kappa shape index (κ2) is 9.61. The number of carbonyl (C=O) groups excluding carboxylic acids is 4. The topological polar surface area (TPSA) is 92.8 Å². The number of anilines is 1. The monoisotopic (exact) mass is 606 g/mol. The molecule has 0 spiro atoms. The zero-order valence-electron chi connectivity index (χ0n) is 21.1. The summed E-state index contributed by atoms with van der Waals surface area (Å²) in [5, 5.41) is 3.09. The van der Waals surface area contributed by atoms with Crippen molar-refractivity contribution in [1.29, 1.82) is 0 Å². The van der Waals surface area contributed by atoms with Crippen LogP contribution in [0.4, 0.5) is 5.69 Å². The maximum Gasteiger partial charge on any atom is 0.329 e. The van der Waals surface area contributed by atoms with Crippen molar-refractivity contribution in [2.45, 2.75) is 31.7 Å². The van der Waals surface area contributed by atoms with Crippen LogP contribution in [0.1, 0.15) is 46.6 Å². The highest BCUT2D eigenvalue weighted by molar-refractivity contribution is 9.10. The van der Waals surface area contributed by atoms with Gasteiger partial charge >= 0.3 is 5.97 Å². The molecule has 3 atom stereocenters. The van der Waals surface area contributed by atoms with Crippen molar-refractivity contribution in [3.05, 3.63) is 98.0 Å². The fraction of sp³-hybridized carbons (Fsp3) is 0.267. The van der Waals surface area contributed by atoms with Crippen LogP contribution < -0.4 is 5.32 Å². The van der Waals surface area contributed by atoms with Crippen LogP contribution in [0.25, 0.3) is 0 Å². The Bertz CT molecular complexity index is 1460. The van der Waals surface area contributed by atoms with Gasteiger partial charge in [-0.1, -0.05) is 60.1 Å². The van der Waals surface area contributed by atoms with E-state index in [-0.39, 0.29) is 23.7 Å². The van der Waals surface area contributed by atoms with Gasteiger partial charge in [-0.05, 0) is 69.7 Å². The molecule has 4 aliphatic rings. The average molecular weight is 608 g/mol. The van der Waals surface area contributed by atoms with Gasteiger partial charge in [0.2, 0.25) is 11.8 Å². The summed E-state index contributed by atoms with van der Waals surface area (Å²) >= 11 is 9.45. The number of esters is 1. The van der Waals surface area contributed by atoms with E-state index in [1.54, 1.807) is 19.1 Å². The van der Waals surface area contributed by atoms with Gasteiger partial charge < -0.3 is 10.1 Å². The van der Waals surface area contributed by atoms with Crippen molar-refractivity contribution in [2.75, 3.05) is 11.9 Å². The smallest absolute Gasteiger partial charge is 0.329 e. The van der Waals surface area contributed by atoms with Crippen molar-refractivity contribution in [1.82, 2.24) is 4.90 Å². The van der Waals surface area contributed by atoms with E-state index < -0.39 is 36.4 Å². The van der Waals surface area contributed by atoms with E-state index >= 15 is 0 Å². The molecule has 198 valence electrons. The number of amides is 3. The minimum atomic E-state index is -1.17. The third-order valence-corrected chi connectivity index (χ3v) is 9.29. The fourth-order valence-electron chi connectivity index (χ4n) is 6.41. The number of imide groups is 1. The molecule has 1 saturated heterocycles. The number of hydrogen-bond donors (Lipinski definition) is 1. The van der Waals surface area contributed by atoms with Gasteiger partial charge in [-0.15, -0.1) is 0 Å². The van der Waals surface area contributed by atoms with Crippen LogP contribution in [-0.2, 0) is 23.9 Å². The second-order valence-electron chi connectivity index (χ2n) is 10.2. The van der Waals surface area contributed by atoms with E-state index in [2.05, 4.69) is 21.2 Å². The first-order valence-electron chi connectivity index (χ1n) is 12.7. The molecule has 1 aliphatic heterocycles. The van der Waals surface area contributed by atoms with E-state index in [0.717, 1.165) is 32.7 Å². The molecule has 7 rings (SSSR count). The molecule has 7 nitrogen and oxygen atoms in total. The van der Waals surface area contributed by atoms with Crippen molar-refractivity contribution < 1.29 is 23.9 Å². The highest BCUT2D eigenvalue weighted by atomic mass is 79.9. The predicted molar refractivity (Wildman–Crippen MR) is 148 cm³/mol. The molecule has 2 bridgehead atoms. The summed E-state index contributed by atoms with van der Waals surface area (Å²) in [6.45, 7) is 2.70. The molecule has 0 aromatic heterocycles. The van der Waals surface area contributed by atoms with Crippen LogP contribution in [0.2, 0.25) is 5.02 Å². The van der Waals surface area contributed by atoms with Crippen LogP contribution in [0.15, 0.2) is 65.1 Å². The van der Waals surface area contributed by atoms with E-state index in [0.29, 0.717) is 15.2 Å². The van der Waals surface area contributed by atoms with Gasteiger partial charge in [-0.3, -0.25) is 19.3 Å². The number of halogens is 2. The molecule has 0 unspecified atom stereocenters. The Balaban J connectivity index is 1.20. The van der Waals surface area contributed by atoms with Gasteiger partial charge in [0.25, 0.3) is 5.91 Å². The largest absolute Gasteiger partial charge is 0.454 e. The van der Waals surface area contributed by atoms with Gasteiger partial charge in [0.15, 0.2) is 6.61 Å². The quantitative estimate of drug-likeness (QED) is 0.319. The average Bonchev–Trinajstić information content (AvgIpc) is 3.20. The summed E-state index contributed by atoms with van der Waals surface area (Å²) in [6, 6.07) is 18.1. The number of carbonyl (C=O) groups is 4. The Morgan fingerprint density at radius 3 is 1.92 bits per heavy atom. The lowest BCUT2D eigenvalue weighted by Gasteiger charge is -2.45. The van der Waals surface area contributed by atoms with Gasteiger partial charge in [0.05, 0.1) is 16.9 Å². The molecule has 3 aromatic carbocycles. The zero-order valence-corrected chi connectivity index (χ0v) is 23.5. The van der Waals surface area contributed by atoms with E-state index in [1.165, 1.54) is 6.92 Å². The summed E-state index contributed by atoms with van der Waals surface area (Å²) in [7, 11) is 0. The number of rotatable bonds is 5. The lowest BCUT2D eigenvalue weighted by molar-refractivity contribution is -0.159. The van der Waals surface area contributed by atoms with E-state index in [1.807, 2.05) is 48.5 Å². The number of ether oxygens (including phenoxy) is 1. The van der Waals surface area contributed by atoms with Crippen molar-refractivity contribution in [3.8, 4) is 0 Å². The Labute approximate surface area is 238 Å². The Hall–Kier alpha value is -3.49. The summed E-state index contributed by atoms with van der Waals surface area (Å²) in [5.41, 5.74) is 5.48. The lowest BCUT2D eigenvalue weighted by Crippen LogP contribution is -2.45. The Morgan fingerprint density at radius 2 is 1.44 bits per heavy atom. The van der Waals surface area contributed by atoms with Crippen LogP contribution in [0, 0.1) is 18.8 Å². The number of nitrogens with one attached hydrogen (secondary N) is 1. The lowest BCUT2D eigenvalue weighted by atomic mass is 9.55. The number of hydrogen-bond acceptors (Lipinski definition) is 5. The first-order chi connectivity index (χ1) is 18.7. The number of benzene rings is 3.